The summed E-state index contributed by atoms with van der Waals surface area (Å²) in [4.78, 5) is 16.2. The van der Waals surface area contributed by atoms with E-state index in [0.717, 1.165) is 0 Å². The molecule has 0 bridgehead atoms. The molecule has 1 aromatic heterocycles. The number of hydrogen-bond acceptors (Lipinski definition) is 7. The molecule has 0 unspecified atom stereocenters. The first kappa shape index (κ1) is 18.1. The van der Waals surface area contributed by atoms with Crippen LogP contribution in [0.5, 0.6) is 23.0 Å². The first-order chi connectivity index (χ1) is 13.0. The summed E-state index contributed by atoms with van der Waals surface area (Å²) in [7, 11) is 4.51. The third-order valence-corrected chi connectivity index (χ3v) is 4.09. The van der Waals surface area contributed by atoms with Crippen LogP contribution in [0, 0.1) is 0 Å². The minimum absolute atomic E-state index is 0.0410. The minimum Gasteiger partial charge on any atom is -0.504 e. The van der Waals surface area contributed by atoms with E-state index in [9.17, 15) is 9.90 Å². The lowest BCUT2D eigenvalue weighted by Crippen LogP contribution is -2.14. The van der Waals surface area contributed by atoms with Crippen LogP contribution in [0.15, 0.2) is 36.5 Å². The molecule has 0 atom stereocenters. The molecule has 0 radical (unpaired) electrons. The Labute approximate surface area is 155 Å². The summed E-state index contributed by atoms with van der Waals surface area (Å²) in [5.74, 6) is 0.647. The second-order valence-corrected chi connectivity index (χ2v) is 5.65. The van der Waals surface area contributed by atoms with E-state index in [0.29, 0.717) is 39.5 Å². The quantitative estimate of drug-likeness (QED) is 0.612. The third kappa shape index (κ3) is 3.37. The number of phenols is 1. The van der Waals surface area contributed by atoms with Gasteiger partial charge in [0.05, 0.1) is 38.1 Å². The van der Waals surface area contributed by atoms with Crippen molar-refractivity contribution in [3.8, 4) is 23.0 Å². The van der Waals surface area contributed by atoms with Crippen LogP contribution in [-0.2, 0) is 0 Å². The number of aromatic hydroxyl groups is 1. The van der Waals surface area contributed by atoms with Crippen LogP contribution >= 0.6 is 0 Å². The Morgan fingerprint density at radius 3 is 2.30 bits per heavy atom. The van der Waals surface area contributed by atoms with Crippen molar-refractivity contribution in [1.82, 2.24) is 4.98 Å². The molecule has 27 heavy (non-hydrogen) atoms. The number of rotatable bonds is 6. The Hall–Kier alpha value is -3.68. The van der Waals surface area contributed by atoms with Gasteiger partial charge in [0.15, 0.2) is 23.0 Å². The molecule has 8 heteroatoms. The van der Waals surface area contributed by atoms with Crippen LogP contribution < -0.4 is 25.3 Å². The highest BCUT2D eigenvalue weighted by Crippen LogP contribution is 2.38. The average molecular weight is 369 g/mol. The maximum Gasteiger partial charge on any atom is 0.252 e. The number of phenolic OH excluding ortho intramolecular Hbond substituents is 1. The zero-order valence-electron chi connectivity index (χ0n) is 15.1. The van der Waals surface area contributed by atoms with Crippen molar-refractivity contribution in [3.05, 3.63) is 42.1 Å². The maximum absolute atomic E-state index is 11.9. The van der Waals surface area contributed by atoms with Gasteiger partial charge >= 0.3 is 0 Å². The first-order valence-electron chi connectivity index (χ1n) is 7.97. The number of methoxy groups -OCH3 is 3. The first-order valence-corrected chi connectivity index (χ1v) is 7.97. The molecule has 3 rings (SSSR count). The van der Waals surface area contributed by atoms with E-state index in [1.54, 1.807) is 24.3 Å². The van der Waals surface area contributed by atoms with Gasteiger partial charge in [-0.25, -0.2) is 0 Å². The summed E-state index contributed by atoms with van der Waals surface area (Å²) in [5.41, 5.74) is 7.28. The lowest BCUT2D eigenvalue weighted by atomic mass is 10.1. The molecule has 3 aromatic rings. The second-order valence-electron chi connectivity index (χ2n) is 5.65. The molecule has 0 fully saturated rings. The van der Waals surface area contributed by atoms with Crippen molar-refractivity contribution in [2.45, 2.75) is 0 Å². The van der Waals surface area contributed by atoms with Crippen LogP contribution in [0.4, 0.5) is 11.4 Å². The molecule has 1 heterocycles. The molecule has 4 N–H and O–H groups in total. The second kappa shape index (κ2) is 7.28. The zero-order valence-corrected chi connectivity index (χ0v) is 15.1. The summed E-state index contributed by atoms with van der Waals surface area (Å²) >= 11 is 0. The van der Waals surface area contributed by atoms with Gasteiger partial charge < -0.3 is 30.4 Å². The van der Waals surface area contributed by atoms with Crippen molar-refractivity contribution in [2.75, 3.05) is 26.6 Å². The molecule has 0 spiro atoms. The number of nitrogens with zero attached hydrogens (tertiary/aromatic N) is 1. The lowest BCUT2D eigenvalue weighted by molar-refractivity contribution is 0.100. The molecule has 0 aliphatic heterocycles. The molecular formula is C19H19N3O5. The molecule has 0 saturated carbocycles. The number of pyridine rings is 1. The van der Waals surface area contributed by atoms with Gasteiger partial charge in [-0.3, -0.25) is 9.78 Å². The fourth-order valence-corrected chi connectivity index (χ4v) is 2.75. The summed E-state index contributed by atoms with van der Waals surface area (Å²) in [5, 5.41) is 13.7. The van der Waals surface area contributed by atoms with Crippen LogP contribution in [-0.4, -0.2) is 37.3 Å². The molecule has 1 amide bonds. The number of primary amides is 1. The largest absolute Gasteiger partial charge is 0.504 e. The Balaban J connectivity index is 2.20. The van der Waals surface area contributed by atoms with Crippen molar-refractivity contribution < 1.29 is 24.1 Å². The van der Waals surface area contributed by atoms with Gasteiger partial charge in [0.1, 0.15) is 0 Å². The lowest BCUT2D eigenvalue weighted by Gasteiger charge is -2.16. The summed E-state index contributed by atoms with van der Waals surface area (Å²) in [6.07, 6.45) is 1.39. The van der Waals surface area contributed by atoms with E-state index in [-0.39, 0.29) is 11.3 Å². The number of nitrogens with one attached hydrogen (secondary N) is 1. The van der Waals surface area contributed by atoms with Crippen molar-refractivity contribution in [1.29, 1.82) is 0 Å². The molecule has 0 aliphatic carbocycles. The Morgan fingerprint density at radius 2 is 1.70 bits per heavy atom. The van der Waals surface area contributed by atoms with Gasteiger partial charge in [-0.1, -0.05) is 0 Å². The van der Waals surface area contributed by atoms with Crippen LogP contribution in [0.25, 0.3) is 10.9 Å². The Morgan fingerprint density at radius 1 is 1.04 bits per heavy atom. The zero-order chi connectivity index (χ0) is 19.6. The number of amides is 1. The molecule has 8 nitrogen and oxygen atoms in total. The summed E-state index contributed by atoms with van der Waals surface area (Å²) in [6.45, 7) is 0. The maximum atomic E-state index is 11.9. The number of anilines is 2. The molecule has 0 saturated heterocycles. The van der Waals surface area contributed by atoms with E-state index in [4.69, 9.17) is 19.9 Å². The normalized spacial score (nSPS) is 10.5. The number of aromatic nitrogens is 1. The molecule has 2 aromatic carbocycles. The SMILES string of the molecule is COc1ccc(Nc2c(C(N)=O)cnc3cc(OC)c(OC)cc23)cc1O. The predicted molar refractivity (Wildman–Crippen MR) is 101 cm³/mol. The van der Waals surface area contributed by atoms with Crippen LogP contribution in [0.2, 0.25) is 0 Å². The molecule has 140 valence electrons. The highest BCUT2D eigenvalue weighted by molar-refractivity contribution is 6.08. The Kier molecular flexibility index (Phi) is 4.89. The number of ether oxygens (including phenoxy) is 3. The van der Waals surface area contributed by atoms with Gasteiger partial charge in [0, 0.05) is 29.4 Å². The summed E-state index contributed by atoms with van der Waals surface area (Å²) < 4.78 is 15.7. The van der Waals surface area contributed by atoms with Crippen molar-refractivity contribution >= 4 is 28.2 Å². The van der Waals surface area contributed by atoms with Crippen LogP contribution in [0.1, 0.15) is 10.4 Å². The highest BCUT2D eigenvalue weighted by atomic mass is 16.5. The standard InChI is InChI=1S/C19H19N3O5/c1-25-15-5-4-10(6-14(15)23)22-18-11-7-16(26-2)17(27-3)8-13(11)21-9-12(18)19(20)24/h4-9,23H,1-3H3,(H2,20,24)(H,21,22). The van der Waals surface area contributed by atoms with E-state index in [2.05, 4.69) is 10.3 Å². The topological polar surface area (TPSA) is 116 Å². The van der Waals surface area contributed by atoms with Gasteiger partial charge in [-0.05, 0) is 18.2 Å². The van der Waals surface area contributed by atoms with Gasteiger partial charge in [0.2, 0.25) is 0 Å². The number of benzene rings is 2. The fourth-order valence-electron chi connectivity index (χ4n) is 2.75. The van der Waals surface area contributed by atoms with Crippen LogP contribution in [0.3, 0.4) is 0 Å². The predicted octanol–water partition coefficient (Wildman–Crippen LogP) is 2.81. The average Bonchev–Trinajstić information content (AvgIpc) is 2.67. The van der Waals surface area contributed by atoms with Gasteiger partial charge in [-0.2, -0.15) is 0 Å². The van der Waals surface area contributed by atoms with E-state index in [1.165, 1.54) is 33.6 Å². The highest BCUT2D eigenvalue weighted by Gasteiger charge is 2.17. The van der Waals surface area contributed by atoms with Gasteiger partial charge in [-0.15, -0.1) is 0 Å². The van der Waals surface area contributed by atoms with Crippen molar-refractivity contribution in [2.24, 2.45) is 5.73 Å². The summed E-state index contributed by atoms with van der Waals surface area (Å²) in [6, 6.07) is 8.20. The Bertz CT molecular complexity index is 1020. The van der Waals surface area contributed by atoms with Gasteiger partial charge in [0.25, 0.3) is 5.91 Å². The smallest absolute Gasteiger partial charge is 0.252 e. The van der Waals surface area contributed by atoms with E-state index >= 15 is 0 Å². The number of carbonyl (C=O) groups is 1. The van der Waals surface area contributed by atoms with E-state index in [1.807, 2.05) is 0 Å². The third-order valence-electron chi connectivity index (χ3n) is 4.09. The number of carbonyl (C=O) groups excluding carboxylic acids is 1. The fraction of sp³-hybridized carbons (Fsp3) is 0.158. The number of nitrogens with two attached hydrogens (primary N) is 1. The number of hydrogen-bond donors (Lipinski definition) is 3. The van der Waals surface area contributed by atoms with Crippen molar-refractivity contribution in [3.63, 3.8) is 0 Å². The minimum atomic E-state index is -0.639. The molecular weight excluding hydrogens is 350 g/mol. The number of fused-ring (bicyclic) bond motifs is 1. The van der Waals surface area contributed by atoms with E-state index < -0.39 is 5.91 Å². The monoisotopic (exact) mass is 369 g/mol. The molecule has 0 aliphatic rings.